The lowest BCUT2D eigenvalue weighted by Gasteiger charge is -2.31. The number of rotatable bonds is 15. The van der Waals surface area contributed by atoms with Gasteiger partial charge in [0.15, 0.2) is 0 Å². The summed E-state index contributed by atoms with van der Waals surface area (Å²) in [6.45, 7) is 5.97. The van der Waals surface area contributed by atoms with Gasteiger partial charge in [-0.05, 0) is 64.2 Å². The fourth-order valence-electron chi connectivity index (χ4n) is 11.8. The van der Waals surface area contributed by atoms with Crippen LogP contribution in [-0.4, -0.2) is 292 Å². The van der Waals surface area contributed by atoms with Gasteiger partial charge in [-0.2, -0.15) is 0 Å². The van der Waals surface area contributed by atoms with Crippen LogP contribution < -0.4 is 80.6 Å². The number of aliphatic carboxylic acids is 1. The second kappa shape index (κ2) is 43.2. The molecule has 2 bridgehead atoms. The Kier molecular flexibility index (Phi) is 35.1. The van der Waals surface area contributed by atoms with E-state index in [9.17, 15) is 96.8 Å². The van der Waals surface area contributed by atoms with Crippen molar-refractivity contribution in [3.8, 4) is 0 Å². The predicted molar refractivity (Wildman–Crippen MR) is 394 cm³/mol. The van der Waals surface area contributed by atoms with Crippen molar-refractivity contribution in [3.05, 3.63) is 36.4 Å². The molecule has 15 atom stereocenters. The van der Waals surface area contributed by atoms with Crippen molar-refractivity contribution in [2.45, 2.75) is 190 Å². The molecular formula is C64H97N21O20S4. The van der Waals surface area contributed by atoms with Crippen LogP contribution in [0.3, 0.4) is 0 Å². The maximum absolute atomic E-state index is 14.7. The molecule has 41 nitrogen and oxygen atoms in total. The smallest absolute Gasteiger partial charge is 0.303 e. The largest absolute Gasteiger partial charge is 0.481 e. The molecule has 2 aromatic heterocycles. The number of nitrogens with zero attached hydrogens (tertiary/aromatic N) is 4. The number of carboxylic acid groups (broad SMARTS) is 1. The molecule has 109 heavy (non-hydrogen) atoms. The van der Waals surface area contributed by atoms with Crippen molar-refractivity contribution in [2.75, 3.05) is 55.9 Å². The Morgan fingerprint density at radius 1 is 0.523 bits per heavy atom. The lowest BCUT2D eigenvalue weighted by molar-refractivity contribution is -0.143. The van der Waals surface area contributed by atoms with Crippen LogP contribution in [0.15, 0.2) is 25.0 Å². The first-order chi connectivity index (χ1) is 51.7. The van der Waals surface area contributed by atoms with E-state index in [0.29, 0.717) is 11.4 Å². The Labute approximate surface area is 641 Å². The standard InChI is InChI=1S/C64H97N21O20S4/c1-29(2)15-36-54(95)80-41(50(66)91)23-106-108-26-44-59(100)78-39(21-86)55(96)77-38(17-34-20-68-28-70-34)64(105)84-13-7-9-45(84)60(101)71-31(5)52(93)81-43(25-109-107-24-42(57(98)82-44)73-47(88)18-65)58(99)79-40(22-87)56(97)83-49(30(3)4)62(103)72-32(6)51(92)76-37(16-33-19-67-27-69-33)63(104)85-14-8-10-46(85)61(102)74-35(53(94)75-36)11-12-48(89)90/h19-20,27-32,35-46,49,86-87H,7-18,21-26,65H2,1-6H3,(H2,66,91)(H,67,69)(H,68,70)(H,71,101)(H,72,103)(H,73,88)(H,74,102)(H,75,94)(H,76,92)(H,77,96)(H,78,100)(H,79,99)(H,80,95)(H,81,93)(H,82,98)(H,83,97)(H,89,90)/t31-,32-,35-,36-,37-,38-,39-,40-,41-,42-,43-,44-,45-,46-,49-/m0/s1. The number of H-pyrrole nitrogens is 2. The van der Waals surface area contributed by atoms with Gasteiger partial charge < -0.3 is 116 Å². The minimum Gasteiger partial charge on any atom is -0.481 e. The third-order valence-electron chi connectivity index (χ3n) is 17.7. The molecule has 0 spiro atoms. The molecule has 4 aliphatic rings. The maximum atomic E-state index is 14.7. The van der Waals surface area contributed by atoms with Gasteiger partial charge in [-0.1, -0.05) is 70.9 Å². The molecule has 16 amide bonds. The number of hydrogen-bond acceptors (Lipinski definition) is 26. The highest BCUT2D eigenvalue weighted by atomic mass is 33.1. The molecule has 0 aromatic carbocycles. The summed E-state index contributed by atoms with van der Waals surface area (Å²) in [5.41, 5.74) is 12.1. The number of aromatic nitrogens is 4. The fraction of sp³-hybridized carbons (Fsp3) is 0.641. The highest BCUT2D eigenvalue weighted by molar-refractivity contribution is 8.77. The van der Waals surface area contributed by atoms with E-state index in [1.807, 2.05) is 0 Å². The van der Waals surface area contributed by atoms with E-state index in [4.69, 9.17) is 11.5 Å². The Hall–Kier alpha value is -9.31. The van der Waals surface area contributed by atoms with Gasteiger partial charge in [-0.15, -0.1) is 0 Å². The third-order valence-corrected chi connectivity index (χ3v) is 22.6. The summed E-state index contributed by atoms with van der Waals surface area (Å²) >= 11 is 0. The number of aliphatic hydroxyl groups is 2. The SMILES string of the molecule is CC(C)C[C@@H]1NC(=O)[C@H](CCC(=O)O)NC(=O)[C@@H]2CCCN2C(=O)[C@H](Cc2cnc[nH]2)NC(=O)[C@H](C)NC(=O)[C@H](C(C)C)NC(=O)[C@H](CO)NC(=O)[C@@H]2CSSC[C@H](NC(=O)CN)C(=O)N[C@@H](CSSC[C@@H](C(N)=O)NC1=O)C(=O)N[C@@H](CO)C(=O)N[C@@H](Cc1cnc[nH]1)C(=O)N1CCC[C@H]1C(=O)N[C@@H](C)C(=O)N2. The van der Waals surface area contributed by atoms with E-state index >= 15 is 0 Å². The fourth-order valence-corrected chi connectivity index (χ4v) is 16.4. The molecule has 4 fully saturated rings. The average molecular weight is 1610 g/mol. The summed E-state index contributed by atoms with van der Waals surface area (Å²) in [4.78, 5) is 256. The molecule has 0 saturated carbocycles. The number of fused-ring (bicyclic) bond motifs is 10. The van der Waals surface area contributed by atoms with Crippen molar-refractivity contribution < 1.29 is 96.8 Å². The number of hydrogen-bond donors (Lipinski definition) is 20. The normalized spacial score (nSPS) is 28.4. The molecule has 22 N–H and O–H groups in total. The summed E-state index contributed by atoms with van der Waals surface area (Å²) in [7, 11) is 3.26. The van der Waals surface area contributed by atoms with Crippen molar-refractivity contribution >= 4 is 144 Å². The minimum atomic E-state index is -1.87. The number of nitrogens with two attached hydrogens (primary N) is 2. The Balaban J connectivity index is 1.42. The second-order valence-electron chi connectivity index (χ2n) is 27.0. The van der Waals surface area contributed by atoms with E-state index < -0.39 is 247 Å². The van der Waals surface area contributed by atoms with Crippen LogP contribution in [0, 0.1) is 11.8 Å². The number of carboxylic acids is 1. The summed E-state index contributed by atoms with van der Waals surface area (Å²) < 4.78 is 0. The molecule has 602 valence electrons. The van der Waals surface area contributed by atoms with E-state index in [1.54, 1.807) is 13.8 Å². The van der Waals surface area contributed by atoms with Crippen molar-refractivity contribution in [3.63, 3.8) is 0 Å². The zero-order valence-corrected chi connectivity index (χ0v) is 64.0. The summed E-state index contributed by atoms with van der Waals surface area (Å²) in [6.07, 6.45) is 4.02. The Bertz CT molecular complexity index is 3580. The predicted octanol–water partition coefficient (Wildman–Crippen LogP) is -7.97. The van der Waals surface area contributed by atoms with Crippen LogP contribution in [0.25, 0.3) is 0 Å². The van der Waals surface area contributed by atoms with Gasteiger partial charge in [-0.25, -0.2) is 9.97 Å². The van der Waals surface area contributed by atoms with Crippen molar-refractivity contribution in [1.82, 2.24) is 98.9 Å². The van der Waals surface area contributed by atoms with Crippen LogP contribution in [0.4, 0.5) is 0 Å². The number of carbonyl (C=O) groups excluding carboxylic acids is 16. The zero-order valence-electron chi connectivity index (χ0n) is 60.7. The first-order valence-corrected chi connectivity index (χ1v) is 40.1. The van der Waals surface area contributed by atoms with E-state index in [0.717, 1.165) is 53.0 Å². The van der Waals surface area contributed by atoms with Gasteiger partial charge in [0.25, 0.3) is 0 Å². The number of aliphatic hydroxyl groups excluding tert-OH is 2. The molecule has 4 saturated heterocycles. The van der Waals surface area contributed by atoms with Gasteiger partial charge in [-0.3, -0.25) is 81.5 Å². The van der Waals surface area contributed by atoms with Gasteiger partial charge in [0, 0.05) is 79.1 Å². The van der Waals surface area contributed by atoms with Gasteiger partial charge >= 0.3 is 5.97 Å². The maximum Gasteiger partial charge on any atom is 0.303 e. The molecule has 6 rings (SSSR count). The highest BCUT2D eigenvalue weighted by Crippen LogP contribution is 2.27. The molecule has 2 aromatic rings. The van der Waals surface area contributed by atoms with Crippen LogP contribution in [-0.2, 0) is 94.3 Å². The minimum absolute atomic E-state index is 0.0166. The number of amides is 16. The van der Waals surface area contributed by atoms with Crippen LogP contribution in [0.1, 0.15) is 97.9 Å². The zero-order chi connectivity index (χ0) is 80.3. The topological polar surface area (TPSA) is 623 Å². The second-order valence-corrected chi connectivity index (χ2v) is 32.1. The molecule has 0 radical (unpaired) electrons. The van der Waals surface area contributed by atoms with Gasteiger partial charge in [0.2, 0.25) is 94.5 Å². The van der Waals surface area contributed by atoms with Gasteiger partial charge in [0.1, 0.15) is 90.6 Å². The van der Waals surface area contributed by atoms with Crippen molar-refractivity contribution in [2.24, 2.45) is 23.3 Å². The summed E-state index contributed by atoms with van der Waals surface area (Å²) in [5.74, 6) is -20.1. The first kappa shape index (κ1) is 88.6. The average Bonchev–Trinajstić information content (AvgIpc) is 1.71. The molecule has 0 aliphatic carbocycles. The lowest BCUT2D eigenvalue weighted by Crippen LogP contribution is -2.62. The Morgan fingerprint density at radius 2 is 0.954 bits per heavy atom. The molecule has 4 aliphatic heterocycles. The summed E-state index contributed by atoms with van der Waals surface area (Å²) in [5, 5.41) is 63.7. The number of primary amides is 1. The number of imidazole rings is 2. The Morgan fingerprint density at radius 3 is 1.43 bits per heavy atom. The molecular weight excluding hydrogens is 1510 g/mol. The van der Waals surface area contributed by atoms with Crippen LogP contribution in [0.5, 0.6) is 0 Å². The van der Waals surface area contributed by atoms with Crippen LogP contribution >= 0.6 is 43.2 Å². The van der Waals surface area contributed by atoms with E-state index in [2.05, 4.69) is 89.1 Å². The summed E-state index contributed by atoms with van der Waals surface area (Å²) in [6, 6.07) is -23.5. The molecule has 0 unspecified atom stereocenters. The van der Waals surface area contributed by atoms with E-state index in [1.165, 1.54) is 52.7 Å². The monoisotopic (exact) mass is 1610 g/mol. The third kappa shape index (κ3) is 26.8. The quantitative estimate of drug-likeness (QED) is 0.0737. The van der Waals surface area contributed by atoms with Crippen LogP contribution in [0.2, 0.25) is 0 Å². The lowest BCUT2D eigenvalue weighted by atomic mass is 10.0. The number of aromatic amines is 2. The molecule has 6 heterocycles. The number of carbonyl (C=O) groups is 17. The van der Waals surface area contributed by atoms with E-state index in [-0.39, 0.29) is 69.7 Å². The van der Waals surface area contributed by atoms with Crippen molar-refractivity contribution in [1.29, 1.82) is 0 Å². The van der Waals surface area contributed by atoms with Gasteiger partial charge in [0.05, 0.1) is 32.4 Å². The first-order valence-electron chi connectivity index (χ1n) is 35.1. The molecule has 45 heteroatoms. The highest BCUT2D eigenvalue weighted by Gasteiger charge is 2.44. The number of nitrogens with one attached hydrogen (secondary N) is 15.